The minimum absolute atomic E-state index is 0.247. The second-order valence-electron chi connectivity index (χ2n) is 10.3. The van der Waals surface area contributed by atoms with Crippen molar-refractivity contribution >= 4 is 0 Å². The van der Waals surface area contributed by atoms with Gasteiger partial charge < -0.3 is 4.90 Å². The van der Waals surface area contributed by atoms with Crippen LogP contribution in [0, 0.1) is 22.6 Å². The second kappa shape index (κ2) is 8.14. The van der Waals surface area contributed by atoms with Gasteiger partial charge in [0.25, 0.3) is 0 Å². The quantitative estimate of drug-likeness (QED) is 0.623. The summed E-state index contributed by atoms with van der Waals surface area (Å²) < 4.78 is 13.9. The normalized spacial score (nSPS) is 21.4. The van der Waals surface area contributed by atoms with Gasteiger partial charge in [0.1, 0.15) is 5.82 Å². The molecule has 2 aromatic rings. The Morgan fingerprint density at radius 3 is 2.48 bits per heavy atom. The van der Waals surface area contributed by atoms with Crippen molar-refractivity contribution < 1.29 is 4.39 Å². The first-order valence-corrected chi connectivity index (χ1v) is 11.1. The fraction of sp³-hybridized carbons (Fsp3) is 0.600. The number of aromatic nitrogens is 2. The SMILES string of the molecule is CC(C)(C)CCN1CCC2(CC1)CC2CCc1ccc(-c2ccccc2F)nn1. The molecule has 1 unspecified atom stereocenters. The third-order valence-corrected chi connectivity index (χ3v) is 7.01. The van der Waals surface area contributed by atoms with Gasteiger partial charge in [0, 0.05) is 5.56 Å². The average Bonchev–Trinajstić information content (AvgIpc) is 3.38. The van der Waals surface area contributed by atoms with Crippen molar-refractivity contribution in [3.63, 3.8) is 0 Å². The van der Waals surface area contributed by atoms with Crippen molar-refractivity contribution in [3.8, 4) is 11.3 Å². The molecule has 1 saturated heterocycles. The van der Waals surface area contributed by atoms with Gasteiger partial charge in [-0.05, 0) is 99.2 Å². The summed E-state index contributed by atoms with van der Waals surface area (Å²) in [6.07, 6.45) is 7.58. The smallest absolute Gasteiger partial charge is 0.132 e. The van der Waals surface area contributed by atoms with E-state index < -0.39 is 0 Å². The number of hydrogen-bond acceptors (Lipinski definition) is 3. The van der Waals surface area contributed by atoms with Gasteiger partial charge in [-0.25, -0.2) is 4.39 Å². The van der Waals surface area contributed by atoms with E-state index in [1.807, 2.05) is 18.2 Å². The van der Waals surface area contributed by atoms with Gasteiger partial charge in [-0.15, -0.1) is 0 Å². The number of halogens is 1. The monoisotopic (exact) mass is 395 g/mol. The lowest BCUT2D eigenvalue weighted by Crippen LogP contribution is -2.37. The highest BCUT2D eigenvalue weighted by atomic mass is 19.1. The van der Waals surface area contributed by atoms with Crippen LogP contribution >= 0.6 is 0 Å². The molecular formula is C25H34FN3. The molecule has 1 aliphatic heterocycles. The number of nitrogens with zero attached hydrogens (tertiary/aromatic N) is 3. The van der Waals surface area contributed by atoms with E-state index >= 15 is 0 Å². The summed E-state index contributed by atoms with van der Waals surface area (Å²) in [6.45, 7) is 10.8. The number of likely N-dealkylation sites (tertiary alicyclic amines) is 1. The van der Waals surface area contributed by atoms with Crippen LogP contribution in [0.15, 0.2) is 36.4 Å². The van der Waals surface area contributed by atoms with Gasteiger partial charge in [-0.1, -0.05) is 32.9 Å². The van der Waals surface area contributed by atoms with Crippen LogP contribution in [-0.4, -0.2) is 34.7 Å². The third kappa shape index (κ3) is 5.03. The fourth-order valence-corrected chi connectivity index (χ4v) is 4.80. The fourth-order valence-electron chi connectivity index (χ4n) is 4.80. The highest BCUT2D eigenvalue weighted by Gasteiger charge is 2.53. The molecule has 1 aromatic heterocycles. The molecule has 0 amide bonds. The Morgan fingerprint density at radius 1 is 1.07 bits per heavy atom. The van der Waals surface area contributed by atoms with Crippen molar-refractivity contribution in [2.75, 3.05) is 19.6 Å². The number of aryl methyl sites for hydroxylation is 1. The molecule has 4 rings (SSSR count). The summed E-state index contributed by atoms with van der Waals surface area (Å²) in [6, 6.07) is 10.7. The number of benzene rings is 1. The van der Waals surface area contributed by atoms with E-state index in [0.717, 1.165) is 18.0 Å². The van der Waals surface area contributed by atoms with Crippen LogP contribution in [-0.2, 0) is 6.42 Å². The van der Waals surface area contributed by atoms with Gasteiger partial charge >= 0.3 is 0 Å². The van der Waals surface area contributed by atoms with Gasteiger partial charge in [0.15, 0.2) is 0 Å². The maximum Gasteiger partial charge on any atom is 0.132 e. The molecule has 0 N–H and O–H groups in total. The Morgan fingerprint density at radius 2 is 1.83 bits per heavy atom. The van der Waals surface area contributed by atoms with E-state index in [2.05, 4.69) is 35.9 Å². The van der Waals surface area contributed by atoms with Crippen LogP contribution in [0.2, 0.25) is 0 Å². The molecule has 156 valence electrons. The van der Waals surface area contributed by atoms with Crippen LogP contribution < -0.4 is 0 Å². The number of piperidine rings is 1. The van der Waals surface area contributed by atoms with Crippen molar-refractivity contribution in [2.24, 2.45) is 16.7 Å². The highest BCUT2D eigenvalue weighted by Crippen LogP contribution is 2.61. The molecule has 3 nitrogen and oxygen atoms in total. The van der Waals surface area contributed by atoms with Crippen molar-refractivity contribution in [1.82, 2.24) is 15.1 Å². The van der Waals surface area contributed by atoms with E-state index in [-0.39, 0.29) is 5.82 Å². The van der Waals surface area contributed by atoms with Crippen LogP contribution in [0.3, 0.4) is 0 Å². The lowest BCUT2D eigenvalue weighted by molar-refractivity contribution is 0.145. The molecule has 1 spiro atoms. The lowest BCUT2D eigenvalue weighted by atomic mass is 9.88. The predicted molar refractivity (Wildman–Crippen MR) is 116 cm³/mol. The van der Waals surface area contributed by atoms with Gasteiger partial charge in [-0.3, -0.25) is 0 Å². The van der Waals surface area contributed by atoms with E-state index in [0.29, 0.717) is 22.1 Å². The molecule has 1 saturated carbocycles. The topological polar surface area (TPSA) is 29.0 Å². The Balaban J connectivity index is 1.24. The summed E-state index contributed by atoms with van der Waals surface area (Å²) in [5.74, 6) is 0.601. The first-order valence-electron chi connectivity index (χ1n) is 11.1. The lowest BCUT2D eigenvalue weighted by Gasteiger charge is -2.34. The molecule has 1 aromatic carbocycles. The molecule has 2 heterocycles. The Hall–Kier alpha value is -1.81. The number of rotatable bonds is 6. The predicted octanol–water partition coefficient (Wildman–Crippen LogP) is 5.75. The molecule has 4 heteroatoms. The Kier molecular flexibility index (Phi) is 5.74. The second-order valence-corrected chi connectivity index (χ2v) is 10.3. The minimum atomic E-state index is -0.247. The van der Waals surface area contributed by atoms with Gasteiger partial charge in [-0.2, -0.15) is 10.2 Å². The minimum Gasteiger partial charge on any atom is -0.303 e. The standard InChI is InChI=1S/C25H34FN3/c1-24(2,3)12-15-29-16-13-25(14-17-29)18-19(25)8-9-20-10-11-23(28-27-20)21-6-4-5-7-22(21)26/h4-7,10-11,19H,8-9,12-18H2,1-3H3. The Labute approximate surface area is 174 Å². The molecule has 1 atom stereocenters. The van der Waals surface area contributed by atoms with Crippen LogP contribution in [0.1, 0.15) is 58.6 Å². The molecule has 0 radical (unpaired) electrons. The van der Waals surface area contributed by atoms with E-state index in [1.165, 1.54) is 57.8 Å². The third-order valence-electron chi connectivity index (χ3n) is 7.01. The molecule has 29 heavy (non-hydrogen) atoms. The Bertz CT molecular complexity index is 817. The van der Waals surface area contributed by atoms with Crippen molar-refractivity contribution in [2.45, 2.75) is 59.3 Å². The first kappa shape index (κ1) is 20.5. The van der Waals surface area contributed by atoms with E-state index in [1.54, 1.807) is 12.1 Å². The summed E-state index contributed by atoms with van der Waals surface area (Å²) in [5, 5.41) is 8.63. The van der Waals surface area contributed by atoms with Crippen LogP contribution in [0.25, 0.3) is 11.3 Å². The molecule has 2 aliphatic rings. The summed E-state index contributed by atoms with van der Waals surface area (Å²) in [7, 11) is 0. The van der Waals surface area contributed by atoms with Crippen LogP contribution in [0.4, 0.5) is 4.39 Å². The zero-order chi connectivity index (χ0) is 20.5. The summed E-state index contributed by atoms with van der Waals surface area (Å²) in [4.78, 5) is 2.67. The summed E-state index contributed by atoms with van der Waals surface area (Å²) in [5.41, 5.74) is 3.19. The maximum absolute atomic E-state index is 13.9. The van der Waals surface area contributed by atoms with Gasteiger partial charge in [0.05, 0.1) is 11.4 Å². The van der Waals surface area contributed by atoms with Gasteiger partial charge in [0.2, 0.25) is 0 Å². The van der Waals surface area contributed by atoms with Crippen molar-refractivity contribution in [1.29, 1.82) is 0 Å². The highest BCUT2D eigenvalue weighted by molar-refractivity contribution is 5.58. The van der Waals surface area contributed by atoms with E-state index in [9.17, 15) is 4.39 Å². The van der Waals surface area contributed by atoms with Crippen LogP contribution in [0.5, 0.6) is 0 Å². The maximum atomic E-state index is 13.9. The van der Waals surface area contributed by atoms with Crippen molar-refractivity contribution in [3.05, 3.63) is 47.9 Å². The largest absolute Gasteiger partial charge is 0.303 e. The first-order chi connectivity index (χ1) is 13.8. The number of hydrogen-bond donors (Lipinski definition) is 0. The molecule has 1 aliphatic carbocycles. The molecule has 2 fully saturated rings. The molecule has 0 bridgehead atoms. The molecular weight excluding hydrogens is 361 g/mol. The summed E-state index contributed by atoms with van der Waals surface area (Å²) >= 11 is 0. The van der Waals surface area contributed by atoms with E-state index in [4.69, 9.17) is 0 Å². The average molecular weight is 396 g/mol. The zero-order valence-electron chi connectivity index (χ0n) is 18.1. The zero-order valence-corrected chi connectivity index (χ0v) is 18.1.